The van der Waals surface area contributed by atoms with E-state index in [0.29, 0.717) is 23.4 Å². The molecule has 0 bridgehead atoms. The molecule has 9 heteroatoms. The molecule has 6 nitrogen and oxygen atoms in total. The quantitative estimate of drug-likeness (QED) is 0.400. The van der Waals surface area contributed by atoms with Crippen molar-refractivity contribution in [2.45, 2.75) is 39.3 Å². The maximum absolute atomic E-state index is 6.19. The fourth-order valence-corrected chi connectivity index (χ4v) is 3.89. The van der Waals surface area contributed by atoms with Crippen molar-refractivity contribution in [3.8, 4) is 11.5 Å². The first-order valence-electron chi connectivity index (χ1n) is 10.0. The van der Waals surface area contributed by atoms with Crippen LogP contribution in [0.5, 0.6) is 11.5 Å². The molecule has 0 atom stereocenters. The zero-order valence-electron chi connectivity index (χ0n) is 17.4. The number of ether oxygens (including phenoxy) is 2. The maximum Gasteiger partial charge on any atom is 0.225 e. The van der Waals surface area contributed by atoms with Gasteiger partial charge in [-0.2, -0.15) is 4.98 Å². The fourth-order valence-electron chi connectivity index (χ4n) is 3.37. The second-order valence-electron chi connectivity index (χ2n) is 7.83. The highest BCUT2D eigenvalue weighted by Crippen LogP contribution is 2.31. The van der Waals surface area contributed by atoms with Gasteiger partial charge in [0.25, 0.3) is 0 Å². The number of halogens is 3. The Morgan fingerprint density at radius 2 is 1.87 bits per heavy atom. The van der Waals surface area contributed by atoms with Crippen LogP contribution in [0.3, 0.4) is 0 Å². The smallest absolute Gasteiger partial charge is 0.225 e. The molecule has 1 fully saturated rings. The van der Waals surface area contributed by atoms with Crippen LogP contribution >= 0.6 is 34.8 Å². The van der Waals surface area contributed by atoms with Crippen LogP contribution in [0.15, 0.2) is 18.2 Å². The highest BCUT2D eigenvalue weighted by atomic mass is 35.5. The molecule has 1 aromatic heterocycles. The van der Waals surface area contributed by atoms with Crippen molar-refractivity contribution in [2.75, 3.05) is 32.1 Å². The number of hydrogen-bond donors (Lipinski definition) is 1. The van der Waals surface area contributed by atoms with Crippen LogP contribution in [0.25, 0.3) is 0 Å². The van der Waals surface area contributed by atoms with E-state index >= 15 is 0 Å². The van der Waals surface area contributed by atoms with Gasteiger partial charge < -0.3 is 14.8 Å². The number of anilines is 1. The first kappa shape index (κ1) is 23.2. The van der Waals surface area contributed by atoms with E-state index in [2.05, 4.69) is 46.2 Å². The predicted molar refractivity (Wildman–Crippen MR) is 122 cm³/mol. The number of methoxy groups -OCH3 is 1. The Morgan fingerprint density at radius 1 is 1.13 bits per heavy atom. The Balaban J connectivity index is 1.56. The van der Waals surface area contributed by atoms with Gasteiger partial charge in [0.2, 0.25) is 5.28 Å². The second-order valence-corrected chi connectivity index (χ2v) is 8.90. The fraction of sp³-hybridized carbons (Fsp3) is 0.524. The van der Waals surface area contributed by atoms with E-state index in [-0.39, 0.29) is 16.5 Å². The normalized spacial score (nSPS) is 15.4. The molecule has 1 N–H and O–H groups in total. The van der Waals surface area contributed by atoms with Crippen LogP contribution in [0.2, 0.25) is 15.5 Å². The zero-order chi connectivity index (χ0) is 21.7. The molecule has 0 radical (unpaired) electrons. The van der Waals surface area contributed by atoms with Crippen LogP contribution in [-0.2, 0) is 6.54 Å². The van der Waals surface area contributed by atoms with Gasteiger partial charge in [0, 0.05) is 25.7 Å². The van der Waals surface area contributed by atoms with Crippen LogP contribution in [0.1, 0.15) is 32.3 Å². The van der Waals surface area contributed by atoms with E-state index in [9.17, 15) is 0 Å². The molecule has 1 aliphatic rings. The molecule has 1 saturated heterocycles. The minimum absolute atomic E-state index is 0.0827. The monoisotopic (exact) mass is 472 g/mol. The van der Waals surface area contributed by atoms with Crippen molar-refractivity contribution in [1.82, 2.24) is 14.9 Å². The lowest BCUT2D eigenvalue weighted by molar-refractivity contribution is 0.210. The molecule has 3 rings (SSSR count). The minimum atomic E-state index is 0.0827. The summed E-state index contributed by atoms with van der Waals surface area (Å²) in [6, 6.07) is 6.40. The standard InChI is InChI=1S/C21H27Cl3N4O2/c1-13(2)12-30-17-10-14(4-5-16(17)29-3)11-28-8-6-15(7-9-28)25-20-18(22)19(23)26-21(24)27-20/h4-5,10,13,15H,6-9,11-12H2,1-3H3,(H,25,26,27). The van der Waals surface area contributed by atoms with Gasteiger partial charge in [-0.05, 0) is 48.1 Å². The third-order valence-electron chi connectivity index (χ3n) is 4.92. The van der Waals surface area contributed by atoms with Gasteiger partial charge in [-0.25, -0.2) is 4.98 Å². The summed E-state index contributed by atoms with van der Waals surface area (Å²) in [5, 5.41) is 3.89. The minimum Gasteiger partial charge on any atom is -0.493 e. The van der Waals surface area contributed by atoms with E-state index in [0.717, 1.165) is 44.0 Å². The van der Waals surface area contributed by atoms with E-state index in [1.165, 1.54) is 5.56 Å². The lowest BCUT2D eigenvalue weighted by Gasteiger charge is -2.32. The van der Waals surface area contributed by atoms with Crippen LogP contribution in [0, 0.1) is 5.92 Å². The summed E-state index contributed by atoms with van der Waals surface area (Å²) < 4.78 is 11.4. The van der Waals surface area contributed by atoms with Crippen LogP contribution in [0.4, 0.5) is 5.82 Å². The molecule has 0 amide bonds. The van der Waals surface area contributed by atoms with Crippen molar-refractivity contribution in [3.63, 3.8) is 0 Å². The largest absolute Gasteiger partial charge is 0.493 e. The molecule has 2 aromatic rings. The average molecular weight is 474 g/mol. The summed E-state index contributed by atoms with van der Waals surface area (Å²) in [6.07, 6.45) is 1.92. The molecular formula is C21H27Cl3N4O2. The topological polar surface area (TPSA) is 59.5 Å². The molecule has 2 heterocycles. The van der Waals surface area contributed by atoms with E-state index in [4.69, 9.17) is 44.3 Å². The van der Waals surface area contributed by atoms with E-state index in [1.807, 2.05) is 6.07 Å². The van der Waals surface area contributed by atoms with Gasteiger partial charge in [-0.3, -0.25) is 4.90 Å². The molecule has 0 saturated carbocycles. The summed E-state index contributed by atoms with van der Waals surface area (Å²) in [4.78, 5) is 10.4. The Labute approximate surface area is 192 Å². The number of nitrogens with one attached hydrogen (secondary N) is 1. The lowest BCUT2D eigenvalue weighted by Crippen LogP contribution is -2.38. The molecule has 164 valence electrons. The maximum atomic E-state index is 6.19. The van der Waals surface area contributed by atoms with Crippen LogP contribution in [-0.4, -0.2) is 47.7 Å². The first-order chi connectivity index (χ1) is 14.4. The summed E-state index contributed by atoms with van der Waals surface area (Å²) in [7, 11) is 1.67. The molecule has 0 aliphatic carbocycles. The Hall–Kier alpha value is -1.47. The summed E-state index contributed by atoms with van der Waals surface area (Å²) in [5.41, 5.74) is 1.21. The van der Waals surface area contributed by atoms with Gasteiger partial charge >= 0.3 is 0 Å². The number of hydrogen-bond acceptors (Lipinski definition) is 6. The number of benzene rings is 1. The Kier molecular flexibility index (Phi) is 8.28. The van der Waals surface area contributed by atoms with Gasteiger partial charge in [-0.1, -0.05) is 43.1 Å². The number of nitrogens with zero attached hydrogens (tertiary/aromatic N) is 3. The van der Waals surface area contributed by atoms with E-state index < -0.39 is 0 Å². The molecular weight excluding hydrogens is 447 g/mol. The second kappa shape index (κ2) is 10.7. The highest BCUT2D eigenvalue weighted by molar-refractivity contribution is 6.43. The first-order valence-corrected chi connectivity index (χ1v) is 11.2. The Bertz CT molecular complexity index is 858. The van der Waals surface area contributed by atoms with Gasteiger partial charge in [-0.15, -0.1) is 0 Å². The molecule has 0 spiro atoms. The van der Waals surface area contributed by atoms with E-state index in [1.54, 1.807) is 7.11 Å². The molecule has 0 unspecified atom stereocenters. The van der Waals surface area contributed by atoms with Crippen LogP contribution < -0.4 is 14.8 Å². The van der Waals surface area contributed by atoms with Crippen molar-refractivity contribution < 1.29 is 9.47 Å². The number of aromatic nitrogens is 2. The molecule has 30 heavy (non-hydrogen) atoms. The van der Waals surface area contributed by atoms with Gasteiger partial charge in [0.15, 0.2) is 22.5 Å². The van der Waals surface area contributed by atoms with Crippen molar-refractivity contribution in [1.29, 1.82) is 0 Å². The number of rotatable bonds is 8. The third kappa shape index (κ3) is 6.27. The Morgan fingerprint density at radius 3 is 2.53 bits per heavy atom. The average Bonchev–Trinajstić information content (AvgIpc) is 2.71. The van der Waals surface area contributed by atoms with Crippen molar-refractivity contribution >= 4 is 40.6 Å². The number of likely N-dealkylation sites (tertiary alicyclic amines) is 1. The number of piperidine rings is 1. The van der Waals surface area contributed by atoms with Crippen molar-refractivity contribution in [3.05, 3.63) is 39.2 Å². The molecule has 1 aromatic carbocycles. The predicted octanol–water partition coefficient (Wildman–Crippen LogP) is 5.56. The summed E-state index contributed by atoms with van der Waals surface area (Å²) in [5.74, 6) is 2.51. The molecule has 1 aliphatic heterocycles. The SMILES string of the molecule is COc1ccc(CN2CCC(Nc3nc(Cl)nc(Cl)c3Cl)CC2)cc1OCC(C)C. The van der Waals surface area contributed by atoms with Gasteiger partial charge in [0.1, 0.15) is 5.02 Å². The third-order valence-corrected chi connectivity index (χ3v) is 5.82. The lowest BCUT2D eigenvalue weighted by atomic mass is 10.0. The zero-order valence-corrected chi connectivity index (χ0v) is 19.7. The summed E-state index contributed by atoms with van der Waals surface area (Å²) >= 11 is 18.1. The van der Waals surface area contributed by atoms with Crippen molar-refractivity contribution in [2.24, 2.45) is 5.92 Å². The van der Waals surface area contributed by atoms with Gasteiger partial charge in [0.05, 0.1) is 13.7 Å². The summed E-state index contributed by atoms with van der Waals surface area (Å²) in [6.45, 7) is 7.69. The highest BCUT2D eigenvalue weighted by Gasteiger charge is 2.22.